The molecule has 2 aromatic rings. The number of hydrogen-bond acceptors (Lipinski definition) is 4. The zero-order valence-corrected chi connectivity index (χ0v) is 15.3. The zero-order valence-electron chi connectivity index (χ0n) is 14.5. The predicted octanol–water partition coefficient (Wildman–Crippen LogP) is 3.87. The Morgan fingerprint density at radius 1 is 1.15 bits per heavy atom. The number of methoxy groups -OCH3 is 1. The number of alkyl halides is 2. The van der Waals surface area contributed by atoms with Crippen LogP contribution in [-0.2, 0) is 4.79 Å². The second-order valence-corrected chi connectivity index (χ2v) is 6.14. The van der Waals surface area contributed by atoms with Crippen LogP contribution in [0.4, 0.5) is 14.5 Å². The van der Waals surface area contributed by atoms with Gasteiger partial charge in [-0.15, -0.1) is 0 Å². The molecule has 1 N–H and O–H groups in total. The number of amides is 1. The van der Waals surface area contributed by atoms with E-state index in [1.165, 1.54) is 24.1 Å². The first kappa shape index (κ1) is 18.8. The van der Waals surface area contributed by atoms with E-state index in [4.69, 9.17) is 17.0 Å². The molecule has 140 valence electrons. The number of thiocarbonyl (C=S) groups is 1. The molecule has 0 aliphatic carbocycles. The number of rotatable bonds is 5. The molecule has 3 rings (SSSR count). The van der Waals surface area contributed by atoms with Crippen LogP contribution in [0.15, 0.2) is 48.2 Å². The molecule has 8 heteroatoms. The molecule has 1 amide bonds. The van der Waals surface area contributed by atoms with Gasteiger partial charge in [-0.05, 0) is 55.0 Å². The molecule has 5 nitrogen and oxygen atoms in total. The number of anilines is 1. The topological polar surface area (TPSA) is 50.8 Å². The van der Waals surface area contributed by atoms with Gasteiger partial charge in [0.05, 0.1) is 12.8 Å². The normalized spacial score (nSPS) is 15.4. The number of benzene rings is 2. The molecule has 1 saturated heterocycles. The van der Waals surface area contributed by atoms with Crippen molar-refractivity contribution in [2.75, 3.05) is 12.0 Å². The molecular formula is C19H16F2N2O3S. The van der Waals surface area contributed by atoms with Gasteiger partial charge in [-0.2, -0.15) is 8.78 Å². The van der Waals surface area contributed by atoms with Crippen molar-refractivity contribution in [3.8, 4) is 11.5 Å². The fourth-order valence-corrected chi connectivity index (χ4v) is 2.90. The van der Waals surface area contributed by atoms with Crippen LogP contribution in [0.5, 0.6) is 11.5 Å². The summed E-state index contributed by atoms with van der Waals surface area (Å²) in [6, 6.07) is 11.8. The molecule has 2 aromatic carbocycles. The predicted molar refractivity (Wildman–Crippen MR) is 102 cm³/mol. The lowest BCUT2D eigenvalue weighted by Gasteiger charge is -2.14. The number of aryl methyl sites for hydroxylation is 1. The zero-order chi connectivity index (χ0) is 19.6. The van der Waals surface area contributed by atoms with Gasteiger partial charge in [0.2, 0.25) is 0 Å². The molecular weight excluding hydrogens is 374 g/mol. The number of ether oxygens (including phenoxy) is 2. The second-order valence-electron chi connectivity index (χ2n) is 5.75. The first-order valence-electron chi connectivity index (χ1n) is 7.95. The number of carbonyl (C=O) groups is 1. The van der Waals surface area contributed by atoms with E-state index in [0.29, 0.717) is 11.3 Å². The lowest BCUT2D eigenvalue weighted by Crippen LogP contribution is -2.30. The third-order valence-corrected chi connectivity index (χ3v) is 4.17. The Morgan fingerprint density at radius 3 is 2.48 bits per heavy atom. The van der Waals surface area contributed by atoms with Crippen LogP contribution >= 0.6 is 12.2 Å². The molecule has 1 aliphatic rings. The van der Waals surface area contributed by atoms with Crippen molar-refractivity contribution in [3.63, 3.8) is 0 Å². The third-order valence-electron chi connectivity index (χ3n) is 3.89. The minimum atomic E-state index is -2.96. The second kappa shape index (κ2) is 7.71. The van der Waals surface area contributed by atoms with Crippen LogP contribution in [0.3, 0.4) is 0 Å². The highest BCUT2D eigenvalue weighted by atomic mass is 32.1. The van der Waals surface area contributed by atoms with Gasteiger partial charge in [0.1, 0.15) is 5.70 Å². The first-order chi connectivity index (χ1) is 12.9. The monoisotopic (exact) mass is 390 g/mol. The average molecular weight is 390 g/mol. The Labute approximate surface area is 160 Å². The fraction of sp³-hybridized carbons (Fsp3) is 0.158. The molecule has 0 saturated carbocycles. The van der Waals surface area contributed by atoms with Crippen molar-refractivity contribution in [1.29, 1.82) is 0 Å². The number of nitrogens with zero attached hydrogens (tertiary/aromatic N) is 1. The summed E-state index contributed by atoms with van der Waals surface area (Å²) in [7, 11) is 1.35. The highest BCUT2D eigenvalue weighted by Gasteiger charge is 2.31. The van der Waals surface area contributed by atoms with Crippen molar-refractivity contribution in [1.82, 2.24) is 5.32 Å². The van der Waals surface area contributed by atoms with Crippen LogP contribution in [0.25, 0.3) is 6.08 Å². The van der Waals surface area contributed by atoms with E-state index >= 15 is 0 Å². The van der Waals surface area contributed by atoms with Crippen LogP contribution in [0.2, 0.25) is 0 Å². The summed E-state index contributed by atoms with van der Waals surface area (Å²) >= 11 is 5.27. The number of halogens is 2. The van der Waals surface area contributed by atoms with E-state index in [-0.39, 0.29) is 28.2 Å². The molecule has 1 heterocycles. The van der Waals surface area contributed by atoms with E-state index in [2.05, 4.69) is 10.1 Å². The maximum atomic E-state index is 12.7. The maximum absolute atomic E-state index is 12.7. The molecule has 0 bridgehead atoms. The van der Waals surface area contributed by atoms with Gasteiger partial charge in [0.15, 0.2) is 16.6 Å². The van der Waals surface area contributed by atoms with Crippen LogP contribution in [-0.4, -0.2) is 24.7 Å². The SMILES string of the molecule is COc1cc(/C=C2/NC(=S)N(c3ccc(C)cc3)C2=O)ccc1OC(F)F. The summed E-state index contributed by atoms with van der Waals surface area (Å²) in [6.45, 7) is -1.01. The fourth-order valence-electron chi connectivity index (χ4n) is 2.60. The quantitative estimate of drug-likeness (QED) is 0.621. The van der Waals surface area contributed by atoms with Crippen molar-refractivity contribution >= 4 is 35.0 Å². The minimum absolute atomic E-state index is 0.0860. The van der Waals surface area contributed by atoms with E-state index < -0.39 is 6.61 Å². The molecule has 1 fully saturated rings. The molecule has 0 unspecified atom stereocenters. The van der Waals surface area contributed by atoms with E-state index in [0.717, 1.165) is 5.56 Å². The van der Waals surface area contributed by atoms with Gasteiger partial charge in [0.25, 0.3) is 5.91 Å². The highest BCUT2D eigenvalue weighted by Crippen LogP contribution is 2.31. The Balaban J connectivity index is 1.88. The van der Waals surface area contributed by atoms with Crippen molar-refractivity contribution in [2.45, 2.75) is 13.5 Å². The molecule has 1 aliphatic heterocycles. The van der Waals surface area contributed by atoms with Crippen molar-refractivity contribution in [3.05, 3.63) is 59.3 Å². The Morgan fingerprint density at radius 2 is 1.85 bits per heavy atom. The summed E-state index contributed by atoms with van der Waals surface area (Å²) < 4.78 is 34.3. The number of carbonyl (C=O) groups excluding carboxylic acids is 1. The summed E-state index contributed by atoms with van der Waals surface area (Å²) in [5.74, 6) is -0.263. The number of nitrogens with one attached hydrogen (secondary N) is 1. The molecule has 0 atom stereocenters. The van der Waals surface area contributed by atoms with Gasteiger partial charge in [0, 0.05) is 0 Å². The molecule has 0 aromatic heterocycles. The largest absolute Gasteiger partial charge is 0.493 e. The minimum Gasteiger partial charge on any atom is -0.493 e. The smallest absolute Gasteiger partial charge is 0.387 e. The lowest BCUT2D eigenvalue weighted by molar-refractivity contribution is -0.113. The third kappa shape index (κ3) is 4.06. The summed E-state index contributed by atoms with van der Waals surface area (Å²) in [4.78, 5) is 14.1. The highest BCUT2D eigenvalue weighted by molar-refractivity contribution is 7.80. The Bertz CT molecular complexity index is 914. The van der Waals surface area contributed by atoms with Crippen LogP contribution < -0.4 is 19.7 Å². The standard InChI is InChI=1S/C19H16F2N2O3S/c1-11-3-6-13(7-4-11)23-17(24)14(22-19(23)27)9-12-5-8-15(26-18(20)21)16(10-12)25-2/h3-10,18H,1-2H3,(H,22,27)/b14-9+. The van der Waals surface area contributed by atoms with Gasteiger partial charge in [-0.1, -0.05) is 23.8 Å². The first-order valence-corrected chi connectivity index (χ1v) is 8.36. The van der Waals surface area contributed by atoms with Crippen molar-refractivity contribution in [2.24, 2.45) is 0 Å². The molecule has 0 radical (unpaired) electrons. The lowest BCUT2D eigenvalue weighted by atomic mass is 10.1. The van der Waals surface area contributed by atoms with Gasteiger partial charge >= 0.3 is 6.61 Å². The summed E-state index contributed by atoms with van der Waals surface area (Å²) in [5, 5.41) is 3.14. The van der Waals surface area contributed by atoms with Gasteiger partial charge < -0.3 is 14.8 Å². The number of hydrogen-bond donors (Lipinski definition) is 1. The van der Waals surface area contributed by atoms with Crippen LogP contribution in [0, 0.1) is 6.92 Å². The van der Waals surface area contributed by atoms with E-state index in [1.54, 1.807) is 12.1 Å². The summed E-state index contributed by atoms with van der Waals surface area (Å²) in [5.41, 5.74) is 2.56. The Kier molecular flexibility index (Phi) is 5.36. The van der Waals surface area contributed by atoms with E-state index in [1.807, 2.05) is 31.2 Å². The Hall–Kier alpha value is -3.00. The molecule has 0 spiro atoms. The van der Waals surface area contributed by atoms with Gasteiger partial charge in [-0.3, -0.25) is 9.69 Å². The maximum Gasteiger partial charge on any atom is 0.387 e. The average Bonchev–Trinajstić information content (AvgIpc) is 2.90. The molecule has 27 heavy (non-hydrogen) atoms. The van der Waals surface area contributed by atoms with E-state index in [9.17, 15) is 13.6 Å². The van der Waals surface area contributed by atoms with Gasteiger partial charge in [-0.25, -0.2) is 0 Å². The summed E-state index contributed by atoms with van der Waals surface area (Å²) in [6.07, 6.45) is 1.57. The van der Waals surface area contributed by atoms with Crippen LogP contribution in [0.1, 0.15) is 11.1 Å². The van der Waals surface area contributed by atoms with Crippen molar-refractivity contribution < 1.29 is 23.0 Å².